The van der Waals surface area contributed by atoms with Crippen LogP contribution in [0.5, 0.6) is 0 Å². The fourth-order valence-corrected chi connectivity index (χ4v) is 1.98. The van der Waals surface area contributed by atoms with Gasteiger partial charge in [-0.15, -0.1) is 0 Å². The van der Waals surface area contributed by atoms with Gasteiger partial charge in [0.2, 0.25) is 5.91 Å². The van der Waals surface area contributed by atoms with Crippen LogP contribution in [0.25, 0.3) is 0 Å². The van der Waals surface area contributed by atoms with Gasteiger partial charge in [-0.05, 0) is 26.8 Å². The minimum absolute atomic E-state index is 0.00934. The smallest absolute Gasteiger partial charge is 0.239 e. The lowest BCUT2D eigenvalue weighted by Gasteiger charge is -2.23. The van der Waals surface area contributed by atoms with E-state index >= 15 is 0 Å². The Labute approximate surface area is 108 Å². The summed E-state index contributed by atoms with van der Waals surface area (Å²) < 4.78 is 0. The topological polar surface area (TPSA) is 71.2 Å². The average Bonchev–Trinajstić information content (AvgIpc) is 2.28. The number of aromatic nitrogens is 1. The first-order valence-corrected chi connectivity index (χ1v) is 6.14. The maximum absolute atomic E-state index is 11.6. The second-order valence-corrected chi connectivity index (χ2v) is 4.36. The summed E-state index contributed by atoms with van der Waals surface area (Å²) >= 11 is 0. The zero-order valence-corrected chi connectivity index (χ0v) is 11.6. The third kappa shape index (κ3) is 3.43. The first-order valence-electron chi connectivity index (χ1n) is 6.14. The number of carbonyl (C=O) groups is 1. The number of pyridine rings is 1. The zero-order chi connectivity index (χ0) is 13.7. The highest BCUT2D eigenvalue weighted by Gasteiger charge is 2.13. The lowest BCUT2D eigenvalue weighted by molar-refractivity contribution is -0.119. The molecule has 0 saturated carbocycles. The molecule has 0 aliphatic heterocycles. The van der Waals surface area contributed by atoms with E-state index < -0.39 is 0 Å². The Balaban J connectivity index is 2.97. The molecule has 0 aliphatic carbocycles. The fraction of sp³-hybridized carbons (Fsp3) is 0.538. The van der Waals surface area contributed by atoms with Crippen LogP contribution in [0.2, 0.25) is 0 Å². The van der Waals surface area contributed by atoms with Crippen molar-refractivity contribution in [1.82, 2.24) is 10.3 Å². The van der Waals surface area contributed by atoms with Gasteiger partial charge in [-0.3, -0.25) is 9.78 Å². The van der Waals surface area contributed by atoms with Crippen LogP contribution in [0, 0.1) is 13.8 Å². The Kier molecular flexibility index (Phi) is 5.09. The molecule has 0 aromatic carbocycles. The number of amides is 1. The average molecular weight is 250 g/mol. The summed E-state index contributed by atoms with van der Waals surface area (Å²) in [4.78, 5) is 17.9. The number of likely N-dealkylation sites (N-methyl/N-ethyl adjacent to an activating group) is 2. The van der Waals surface area contributed by atoms with Gasteiger partial charge in [0, 0.05) is 42.8 Å². The molecule has 0 radical (unpaired) electrons. The van der Waals surface area contributed by atoms with E-state index in [4.69, 9.17) is 5.73 Å². The minimum atomic E-state index is 0.00934. The van der Waals surface area contributed by atoms with Crippen molar-refractivity contribution in [2.75, 3.05) is 25.0 Å². The van der Waals surface area contributed by atoms with Crippen molar-refractivity contribution in [2.24, 2.45) is 5.73 Å². The van der Waals surface area contributed by atoms with E-state index in [-0.39, 0.29) is 5.91 Å². The molecule has 18 heavy (non-hydrogen) atoms. The lowest BCUT2D eigenvalue weighted by Crippen LogP contribution is -2.35. The molecule has 0 saturated heterocycles. The lowest BCUT2D eigenvalue weighted by atomic mass is 10.1. The SMILES string of the molecule is CCNC(=O)CN(C)c1cc(C)nc(C)c1CN. The van der Waals surface area contributed by atoms with Crippen LogP contribution in [0.15, 0.2) is 6.07 Å². The van der Waals surface area contributed by atoms with Crippen molar-refractivity contribution in [3.05, 3.63) is 23.0 Å². The summed E-state index contributed by atoms with van der Waals surface area (Å²) in [5, 5.41) is 2.79. The quantitative estimate of drug-likeness (QED) is 0.808. The van der Waals surface area contributed by atoms with E-state index in [1.54, 1.807) is 0 Å². The number of aryl methyl sites for hydroxylation is 2. The second-order valence-electron chi connectivity index (χ2n) is 4.36. The van der Waals surface area contributed by atoms with E-state index in [9.17, 15) is 4.79 Å². The van der Waals surface area contributed by atoms with Gasteiger partial charge >= 0.3 is 0 Å². The van der Waals surface area contributed by atoms with Gasteiger partial charge in [-0.25, -0.2) is 0 Å². The van der Waals surface area contributed by atoms with Crippen LogP contribution in [0.3, 0.4) is 0 Å². The molecule has 0 fully saturated rings. The van der Waals surface area contributed by atoms with E-state index in [0.717, 1.165) is 22.6 Å². The number of hydrogen-bond acceptors (Lipinski definition) is 4. The van der Waals surface area contributed by atoms with Crippen LogP contribution >= 0.6 is 0 Å². The summed E-state index contributed by atoms with van der Waals surface area (Å²) in [7, 11) is 1.89. The molecule has 1 rings (SSSR count). The Morgan fingerprint density at radius 2 is 2.17 bits per heavy atom. The van der Waals surface area contributed by atoms with Crippen molar-refractivity contribution >= 4 is 11.6 Å². The van der Waals surface area contributed by atoms with Crippen LogP contribution in [0.4, 0.5) is 5.69 Å². The molecule has 5 heteroatoms. The van der Waals surface area contributed by atoms with Gasteiger partial charge < -0.3 is 16.0 Å². The highest BCUT2D eigenvalue weighted by Crippen LogP contribution is 2.22. The molecule has 1 amide bonds. The molecule has 0 aliphatic rings. The van der Waals surface area contributed by atoms with Gasteiger partial charge in [0.25, 0.3) is 0 Å². The van der Waals surface area contributed by atoms with Gasteiger partial charge in [0.05, 0.1) is 6.54 Å². The van der Waals surface area contributed by atoms with Crippen LogP contribution < -0.4 is 16.0 Å². The molecule has 5 nitrogen and oxygen atoms in total. The Bertz CT molecular complexity index is 431. The standard InChI is InChI=1S/C13H22N4O/c1-5-15-13(18)8-17(4)12-6-9(2)16-10(3)11(12)7-14/h6H,5,7-8,14H2,1-4H3,(H,15,18). The van der Waals surface area contributed by atoms with Crippen molar-refractivity contribution in [3.63, 3.8) is 0 Å². The van der Waals surface area contributed by atoms with Gasteiger partial charge in [-0.1, -0.05) is 0 Å². The largest absolute Gasteiger partial charge is 0.365 e. The highest BCUT2D eigenvalue weighted by atomic mass is 16.2. The first kappa shape index (κ1) is 14.4. The van der Waals surface area contributed by atoms with Gasteiger partial charge in [-0.2, -0.15) is 0 Å². The molecule has 1 heterocycles. The van der Waals surface area contributed by atoms with Crippen LogP contribution in [-0.2, 0) is 11.3 Å². The highest BCUT2D eigenvalue weighted by molar-refractivity contribution is 5.81. The summed E-state index contributed by atoms with van der Waals surface area (Å²) in [5.74, 6) is 0.00934. The third-order valence-corrected chi connectivity index (χ3v) is 2.81. The number of nitrogens with zero attached hydrogens (tertiary/aromatic N) is 2. The number of nitrogens with two attached hydrogens (primary N) is 1. The molecule has 0 unspecified atom stereocenters. The molecular weight excluding hydrogens is 228 g/mol. The first-order chi connectivity index (χ1) is 8.49. The normalized spacial score (nSPS) is 10.3. The van der Waals surface area contributed by atoms with E-state index in [0.29, 0.717) is 19.6 Å². The maximum atomic E-state index is 11.6. The van der Waals surface area contributed by atoms with E-state index in [1.165, 1.54) is 0 Å². The molecule has 0 atom stereocenters. The molecule has 0 bridgehead atoms. The van der Waals surface area contributed by atoms with Crippen LogP contribution in [-0.4, -0.2) is 31.0 Å². The minimum Gasteiger partial charge on any atom is -0.365 e. The Morgan fingerprint density at radius 3 is 2.72 bits per heavy atom. The molecule has 0 spiro atoms. The second kappa shape index (κ2) is 6.35. The van der Waals surface area contributed by atoms with E-state index in [1.807, 2.05) is 38.8 Å². The molecular formula is C13H22N4O. The third-order valence-electron chi connectivity index (χ3n) is 2.81. The van der Waals surface area contributed by atoms with Crippen molar-refractivity contribution < 1.29 is 4.79 Å². The van der Waals surface area contributed by atoms with Crippen molar-refractivity contribution in [3.8, 4) is 0 Å². The summed E-state index contributed by atoms with van der Waals surface area (Å²) in [6, 6.07) is 1.97. The van der Waals surface area contributed by atoms with Crippen molar-refractivity contribution in [2.45, 2.75) is 27.3 Å². The predicted octanol–water partition coefficient (Wildman–Crippen LogP) is 0.729. The maximum Gasteiger partial charge on any atom is 0.239 e. The molecule has 3 N–H and O–H groups in total. The number of hydrogen-bond donors (Lipinski definition) is 2. The Morgan fingerprint density at radius 1 is 1.50 bits per heavy atom. The predicted molar refractivity (Wildman–Crippen MR) is 73.6 cm³/mol. The summed E-state index contributed by atoms with van der Waals surface area (Å²) in [6.45, 7) is 7.18. The number of carbonyl (C=O) groups excluding carboxylic acids is 1. The van der Waals surface area contributed by atoms with E-state index in [2.05, 4.69) is 10.3 Å². The Hall–Kier alpha value is -1.62. The van der Waals surface area contributed by atoms with Gasteiger partial charge in [0.15, 0.2) is 0 Å². The number of anilines is 1. The molecule has 1 aromatic heterocycles. The monoisotopic (exact) mass is 250 g/mol. The van der Waals surface area contributed by atoms with Gasteiger partial charge in [0.1, 0.15) is 0 Å². The molecule has 100 valence electrons. The molecule has 1 aromatic rings. The van der Waals surface area contributed by atoms with Crippen molar-refractivity contribution in [1.29, 1.82) is 0 Å². The fourth-order valence-electron chi connectivity index (χ4n) is 1.98. The van der Waals surface area contributed by atoms with Crippen LogP contribution in [0.1, 0.15) is 23.9 Å². The number of nitrogens with one attached hydrogen (secondary N) is 1. The summed E-state index contributed by atoms with van der Waals surface area (Å²) in [5.41, 5.74) is 9.59. The summed E-state index contributed by atoms with van der Waals surface area (Å²) in [6.07, 6.45) is 0. The zero-order valence-electron chi connectivity index (χ0n) is 11.6. The number of rotatable bonds is 5.